The molecule has 0 atom stereocenters. The molecule has 20 heavy (non-hydrogen) atoms. The van der Waals surface area contributed by atoms with Gasteiger partial charge in [0.1, 0.15) is 0 Å². The van der Waals surface area contributed by atoms with Gasteiger partial charge in [-0.2, -0.15) is 13.2 Å². The first-order valence-corrected chi connectivity index (χ1v) is 6.13. The van der Waals surface area contributed by atoms with Crippen LogP contribution in [-0.2, 0) is 11.3 Å². The van der Waals surface area contributed by atoms with E-state index < -0.39 is 24.9 Å². The second-order valence-electron chi connectivity index (χ2n) is 4.47. The molecule has 1 aromatic carbocycles. The summed E-state index contributed by atoms with van der Waals surface area (Å²) in [6.07, 6.45) is -5.87. The molecule has 1 heterocycles. The largest absolute Gasteiger partial charge is 0.389 e. The third-order valence-electron chi connectivity index (χ3n) is 3.03. The van der Waals surface area contributed by atoms with Crippen LogP contribution in [0.3, 0.4) is 0 Å². The average molecular weight is 309 g/mol. The second kappa shape index (κ2) is 6.95. The van der Waals surface area contributed by atoms with Crippen LogP contribution in [0.25, 0.3) is 0 Å². The monoisotopic (exact) mass is 308 g/mol. The predicted octanol–water partition coefficient (Wildman–Crippen LogP) is 2.89. The van der Waals surface area contributed by atoms with Crippen molar-refractivity contribution in [2.75, 3.05) is 18.0 Å². The minimum Gasteiger partial charge on any atom is -0.311 e. The molecule has 0 radical (unpaired) electrons. The molecule has 0 aromatic heterocycles. The van der Waals surface area contributed by atoms with E-state index in [-0.39, 0.29) is 12.4 Å². The zero-order valence-corrected chi connectivity index (χ0v) is 11.6. The number of alkyl halides is 3. The first kappa shape index (κ1) is 16.8. The molecule has 0 bridgehead atoms. The predicted molar refractivity (Wildman–Crippen MR) is 73.0 cm³/mol. The molecule has 112 valence electrons. The van der Waals surface area contributed by atoms with Gasteiger partial charge in [-0.25, -0.2) is 0 Å². The standard InChI is InChI=1S/C13H15F3N2O.ClH/c14-13(15,16)6-5-12(19)18-8-7-17-9-10-3-1-2-4-11(10)18;/h1-4,17H,5-9H2;1H. The fourth-order valence-electron chi connectivity index (χ4n) is 2.10. The van der Waals surface area contributed by atoms with E-state index in [4.69, 9.17) is 0 Å². The van der Waals surface area contributed by atoms with E-state index in [1.807, 2.05) is 12.1 Å². The maximum atomic E-state index is 12.2. The Balaban J connectivity index is 0.00000200. The number of para-hydroxylation sites is 1. The van der Waals surface area contributed by atoms with Crippen LogP contribution in [0.5, 0.6) is 0 Å². The number of amides is 1. The van der Waals surface area contributed by atoms with Crippen LogP contribution in [-0.4, -0.2) is 25.2 Å². The van der Waals surface area contributed by atoms with Gasteiger partial charge in [-0.15, -0.1) is 12.4 Å². The van der Waals surface area contributed by atoms with Crippen LogP contribution >= 0.6 is 12.4 Å². The summed E-state index contributed by atoms with van der Waals surface area (Å²) in [7, 11) is 0. The number of halogens is 4. The van der Waals surface area contributed by atoms with Crippen LogP contribution in [0.1, 0.15) is 18.4 Å². The lowest BCUT2D eigenvalue weighted by atomic mass is 10.1. The summed E-state index contributed by atoms with van der Waals surface area (Å²) in [5.41, 5.74) is 1.64. The number of rotatable bonds is 2. The van der Waals surface area contributed by atoms with Gasteiger partial charge in [0.2, 0.25) is 5.91 Å². The highest BCUT2D eigenvalue weighted by Crippen LogP contribution is 2.26. The topological polar surface area (TPSA) is 32.3 Å². The minimum atomic E-state index is -4.29. The first-order chi connectivity index (χ1) is 8.97. The summed E-state index contributed by atoms with van der Waals surface area (Å²) in [6.45, 7) is 1.60. The Morgan fingerprint density at radius 2 is 2.00 bits per heavy atom. The molecule has 1 amide bonds. The number of nitrogens with zero attached hydrogens (tertiary/aromatic N) is 1. The van der Waals surface area contributed by atoms with Crippen LogP contribution in [0, 0.1) is 0 Å². The van der Waals surface area contributed by atoms with Crippen molar-refractivity contribution in [2.24, 2.45) is 0 Å². The number of hydrogen-bond donors (Lipinski definition) is 1. The molecule has 2 rings (SSSR count). The van der Waals surface area contributed by atoms with Gasteiger partial charge in [-0.1, -0.05) is 18.2 Å². The van der Waals surface area contributed by atoms with E-state index in [0.29, 0.717) is 25.3 Å². The normalized spacial score (nSPS) is 15.1. The Hall–Kier alpha value is -1.27. The summed E-state index contributed by atoms with van der Waals surface area (Å²) in [4.78, 5) is 13.4. The van der Waals surface area contributed by atoms with E-state index in [1.165, 1.54) is 4.90 Å². The summed E-state index contributed by atoms with van der Waals surface area (Å²) in [6, 6.07) is 7.28. The average Bonchev–Trinajstić information content (AvgIpc) is 2.57. The number of nitrogens with one attached hydrogen (secondary N) is 1. The van der Waals surface area contributed by atoms with Gasteiger partial charge in [-0.05, 0) is 11.6 Å². The lowest BCUT2D eigenvalue weighted by Crippen LogP contribution is -2.35. The zero-order valence-electron chi connectivity index (χ0n) is 10.7. The summed E-state index contributed by atoms with van der Waals surface area (Å²) in [5, 5.41) is 3.14. The zero-order chi connectivity index (χ0) is 13.9. The van der Waals surface area contributed by atoms with Crippen molar-refractivity contribution in [1.82, 2.24) is 5.32 Å². The van der Waals surface area contributed by atoms with Gasteiger partial charge in [0, 0.05) is 31.7 Å². The number of carbonyl (C=O) groups is 1. The van der Waals surface area contributed by atoms with E-state index in [1.54, 1.807) is 12.1 Å². The van der Waals surface area contributed by atoms with E-state index in [0.717, 1.165) is 5.56 Å². The molecule has 0 saturated carbocycles. The van der Waals surface area contributed by atoms with Crippen LogP contribution in [0.15, 0.2) is 24.3 Å². The Morgan fingerprint density at radius 3 is 2.70 bits per heavy atom. The molecule has 1 aliphatic rings. The molecule has 7 heteroatoms. The molecule has 0 fully saturated rings. The van der Waals surface area contributed by atoms with Crippen molar-refractivity contribution in [3.63, 3.8) is 0 Å². The van der Waals surface area contributed by atoms with Crippen LogP contribution < -0.4 is 10.2 Å². The third kappa shape index (κ3) is 4.38. The SMILES string of the molecule is Cl.O=C(CCC(F)(F)F)N1CCNCc2ccccc21. The molecule has 1 aliphatic heterocycles. The van der Waals surface area contributed by atoms with E-state index in [9.17, 15) is 18.0 Å². The molecule has 0 saturated heterocycles. The van der Waals surface area contributed by atoms with Gasteiger partial charge in [-0.3, -0.25) is 4.79 Å². The fourth-order valence-corrected chi connectivity index (χ4v) is 2.10. The number of carbonyl (C=O) groups excluding carboxylic acids is 1. The lowest BCUT2D eigenvalue weighted by Gasteiger charge is -2.22. The van der Waals surface area contributed by atoms with Crippen molar-refractivity contribution in [1.29, 1.82) is 0 Å². The number of benzene rings is 1. The summed E-state index contributed by atoms with van der Waals surface area (Å²) >= 11 is 0. The number of fused-ring (bicyclic) bond motifs is 1. The van der Waals surface area contributed by atoms with Crippen molar-refractivity contribution in [3.05, 3.63) is 29.8 Å². The molecule has 1 N–H and O–H groups in total. The summed E-state index contributed by atoms with van der Waals surface area (Å²) in [5.74, 6) is -0.478. The van der Waals surface area contributed by atoms with Crippen molar-refractivity contribution in [3.8, 4) is 0 Å². The lowest BCUT2D eigenvalue weighted by molar-refractivity contribution is -0.143. The molecular formula is C13H16ClF3N2O. The maximum absolute atomic E-state index is 12.2. The summed E-state index contributed by atoms with van der Waals surface area (Å²) < 4.78 is 36.5. The number of anilines is 1. The Labute approximate surface area is 121 Å². The van der Waals surface area contributed by atoms with Crippen LogP contribution in [0.4, 0.5) is 18.9 Å². The Kier molecular flexibility index (Phi) is 5.83. The van der Waals surface area contributed by atoms with Crippen molar-refractivity contribution in [2.45, 2.75) is 25.6 Å². The van der Waals surface area contributed by atoms with Crippen molar-refractivity contribution >= 4 is 24.0 Å². The highest BCUT2D eigenvalue weighted by molar-refractivity contribution is 5.94. The van der Waals surface area contributed by atoms with Gasteiger partial charge >= 0.3 is 6.18 Å². The molecule has 0 spiro atoms. The maximum Gasteiger partial charge on any atom is 0.389 e. The number of hydrogen-bond acceptors (Lipinski definition) is 2. The fraction of sp³-hybridized carbons (Fsp3) is 0.462. The molecular weight excluding hydrogens is 293 g/mol. The third-order valence-corrected chi connectivity index (χ3v) is 3.03. The molecule has 0 aliphatic carbocycles. The Bertz CT molecular complexity index is 465. The van der Waals surface area contributed by atoms with Crippen LogP contribution in [0.2, 0.25) is 0 Å². The van der Waals surface area contributed by atoms with E-state index in [2.05, 4.69) is 5.32 Å². The van der Waals surface area contributed by atoms with E-state index >= 15 is 0 Å². The van der Waals surface area contributed by atoms with Gasteiger partial charge in [0.15, 0.2) is 0 Å². The van der Waals surface area contributed by atoms with Gasteiger partial charge in [0.05, 0.1) is 6.42 Å². The molecule has 0 unspecified atom stereocenters. The second-order valence-corrected chi connectivity index (χ2v) is 4.47. The molecule has 1 aromatic rings. The first-order valence-electron chi connectivity index (χ1n) is 6.13. The highest BCUT2D eigenvalue weighted by atomic mass is 35.5. The smallest absolute Gasteiger partial charge is 0.311 e. The highest BCUT2D eigenvalue weighted by Gasteiger charge is 2.30. The minimum absolute atomic E-state index is 0. The Morgan fingerprint density at radius 1 is 1.30 bits per heavy atom. The molecule has 3 nitrogen and oxygen atoms in total. The quantitative estimate of drug-likeness (QED) is 0.911. The van der Waals surface area contributed by atoms with Gasteiger partial charge in [0.25, 0.3) is 0 Å². The van der Waals surface area contributed by atoms with Crippen molar-refractivity contribution < 1.29 is 18.0 Å². The van der Waals surface area contributed by atoms with Gasteiger partial charge < -0.3 is 10.2 Å².